The summed E-state index contributed by atoms with van der Waals surface area (Å²) in [7, 11) is 0. The third kappa shape index (κ3) is 4.76. The van der Waals surface area contributed by atoms with E-state index in [1.165, 1.54) is 12.8 Å². The molecule has 0 saturated carbocycles. The number of nitrogens with zero attached hydrogens (tertiary/aromatic N) is 1. The Labute approximate surface area is 125 Å². The summed E-state index contributed by atoms with van der Waals surface area (Å²) in [5.41, 5.74) is 0. The van der Waals surface area contributed by atoms with Crippen LogP contribution in [0.15, 0.2) is 23.6 Å². The number of amides is 1. The molecule has 1 N–H and O–H groups in total. The first-order valence-electron chi connectivity index (χ1n) is 7.50. The zero-order chi connectivity index (χ0) is 14.2. The van der Waals surface area contributed by atoms with Crippen LogP contribution in [0.5, 0.6) is 0 Å². The summed E-state index contributed by atoms with van der Waals surface area (Å²) < 4.78 is 0. The number of hydrogen-bond donors (Lipinski definition) is 1. The van der Waals surface area contributed by atoms with E-state index in [-0.39, 0.29) is 5.91 Å². The lowest BCUT2D eigenvalue weighted by Crippen LogP contribution is -2.39. The van der Waals surface area contributed by atoms with Crippen LogP contribution in [0.4, 0.5) is 0 Å². The standard InChI is InChI=1S/C16H24N2OS/c1-2-11-18(13-14-7-9-17-10-8-14)16(19)6-5-15-4-3-12-20-15/h3-6,12,14,17H,2,7-11,13H2,1H3. The molecule has 4 heteroatoms. The van der Waals surface area contributed by atoms with Crippen LogP contribution in [0.3, 0.4) is 0 Å². The Bertz CT molecular complexity index is 422. The Morgan fingerprint density at radius 2 is 2.30 bits per heavy atom. The van der Waals surface area contributed by atoms with Gasteiger partial charge >= 0.3 is 0 Å². The zero-order valence-corrected chi connectivity index (χ0v) is 13.0. The Hall–Kier alpha value is -1.13. The minimum Gasteiger partial charge on any atom is -0.339 e. The number of hydrogen-bond acceptors (Lipinski definition) is 3. The molecule has 1 aromatic heterocycles. The van der Waals surface area contributed by atoms with Gasteiger partial charge in [-0.15, -0.1) is 11.3 Å². The van der Waals surface area contributed by atoms with Crippen molar-refractivity contribution in [1.29, 1.82) is 0 Å². The second-order valence-corrected chi connectivity index (χ2v) is 6.31. The molecule has 1 amide bonds. The SMILES string of the molecule is CCCN(CC1CCNCC1)C(=O)C=Cc1cccs1. The maximum absolute atomic E-state index is 12.3. The molecule has 20 heavy (non-hydrogen) atoms. The Kier molecular flexibility index (Phi) is 6.27. The molecule has 1 fully saturated rings. The predicted molar refractivity (Wildman–Crippen MR) is 85.8 cm³/mol. The van der Waals surface area contributed by atoms with Crippen LogP contribution < -0.4 is 5.32 Å². The molecule has 0 radical (unpaired) electrons. The normalized spacial score (nSPS) is 16.6. The van der Waals surface area contributed by atoms with E-state index >= 15 is 0 Å². The molecule has 0 aliphatic carbocycles. The van der Waals surface area contributed by atoms with Crippen molar-refractivity contribution in [3.8, 4) is 0 Å². The molecule has 0 unspecified atom stereocenters. The smallest absolute Gasteiger partial charge is 0.246 e. The Morgan fingerprint density at radius 3 is 2.95 bits per heavy atom. The van der Waals surface area contributed by atoms with Gasteiger partial charge in [0.05, 0.1) is 0 Å². The van der Waals surface area contributed by atoms with Gasteiger partial charge in [0, 0.05) is 24.0 Å². The first-order valence-corrected chi connectivity index (χ1v) is 8.38. The highest BCUT2D eigenvalue weighted by atomic mass is 32.1. The number of carbonyl (C=O) groups excluding carboxylic acids is 1. The first kappa shape index (κ1) is 15.3. The van der Waals surface area contributed by atoms with Crippen molar-refractivity contribution < 1.29 is 4.79 Å². The van der Waals surface area contributed by atoms with Crippen LogP contribution in [-0.2, 0) is 4.79 Å². The fraction of sp³-hybridized carbons (Fsp3) is 0.562. The van der Waals surface area contributed by atoms with Crippen molar-refractivity contribution in [2.45, 2.75) is 26.2 Å². The topological polar surface area (TPSA) is 32.3 Å². The molecular formula is C16H24N2OS. The van der Waals surface area contributed by atoms with Gasteiger partial charge in [-0.25, -0.2) is 0 Å². The number of carbonyl (C=O) groups is 1. The zero-order valence-electron chi connectivity index (χ0n) is 12.2. The van der Waals surface area contributed by atoms with E-state index in [4.69, 9.17) is 0 Å². The van der Waals surface area contributed by atoms with Crippen LogP contribution in [0, 0.1) is 5.92 Å². The Morgan fingerprint density at radius 1 is 1.50 bits per heavy atom. The van der Waals surface area contributed by atoms with Gasteiger partial charge < -0.3 is 10.2 Å². The van der Waals surface area contributed by atoms with E-state index in [2.05, 4.69) is 12.2 Å². The average Bonchev–Trinajstić information content (AvgIpc) is 2.99. The number of nitrogens with one attached hydrogen (secondary N) is 1. The van der Waals surface area contributed by atoms with Crippen molar-refractivity contribution in [2.24, 2.45) is 5.92 Å². The van der Waals surface area contributed by atoms with E-state index in [1.54, 1.807) is 17.4 Å². The predicted octanol–water partition coefficient (Wildman–Crippen LogP) is 3.00. The quantitative estimate of drug-likeness (QED) is 0.818. The van der Waals surface area contributed by atoms with E-state index in [1.807, 2.05) is 28.5 Å². The number of piperidine rings is 1. The van der Waals surface area contributed by atoms with Crippen LogP contribution in [-0.4, -0.2) is 37.0 Å². The summed E-state index contributed by atoms with van der Waals surface area (Å²) in [6.45, 7) is 6.07. The monoisotopic (exact) mass is 292 g/mol. The molecule has 2 rings (SSSR count). The van der Waals surface area contributed by atoms with Crippen molar-refractivity contribution in [3.05, 3.63) is 28.5 Å². The van der Waals surface area contributed by atoms with Gasteiger partial charge in [-0.1, -0.05) is 13.0 Å². The lowest BCUT2D eigenvalue weighted by Gasteiger charge is -2.29. The summed E-state index contributed by atoms with van der Waals surface area (Å²) in [6, 6.07) is 4.04. The van der Waals surface area contributed by atoms with E-state index < -0.39 is 0 Å². The number of rotatable bonds is 6. The highest BCUT2D eigenvalue weighted by Crippen LogP contribution is 2.15. The van der Waals surface area contributed by atoms with E-state index in [0.717, 1.165) is 37.5 Å². The van der Waals surface area contributed by atoms with Crippen LogP contribution >= 0.6 is 11.3 Å². The van der Waals surface area contributed by atoms with Crippen LogP contribution in [0.25, 0.3) is 6.08 Å². The molecule has 0 spiro atoms. The van der Waals surface area contributed by atoms with Gasteiger partial charge in [-0.3, -0.25) is 4.79 Å². The van der Waals surface area contributed by atoms with Crippen molar-refractivity contribution in [1.82, 2.24) is 10.2 Å². The second kappa shape index (κ2) is 8.22. The molecule has 110 valence electrons. The first-order chi connectivity index (χ1) is 9.79. The van der Waals surface area contributed by atoms with Gasteiger partial charge in [0.1, 0.15) is 0 Å². The third-order valence-corrected chi connectivity index (χ3v) is 4.51. The third-order valence-electron chi connectivity index (χ3n) is 3.68. The lowest BCUT2D eigenvalue weighted by molar-refractivity contribution is -0.126. The molecule has 1 saturated heterocycles. The highest BCUT2D eigenvalue weighted by Gasteiger charge is 2.18. The molecule has 1 aliphatic rings. The maximum atomic E-state index is 12.3. The van der Waals surface area contributed by atoms with Crippen molar-refractivity contribution in [3.63, 3.8) is 0 Å². The minimum absolute atomic E-state index is 0.152. The van der Waals surface area contributed by atoms with Crippen LogP contribution in [0.2, 0.25) is 0 Å². The molecule has 1 aliphatic heterocycles. The molecule has 0 aromatic carbocycles. The summed E-state index contributed by atoms with van der Waals surface area (Å²) in [6.07, 6.45) is 7.04. The summed E-state index contributed by atoms with van der Waals surface area (Å²) in [5.74, 6) is 0.806. The summed E-state index contributed by atoms with van der Waals surface area (Å²) >= 11 is 1.66. The molecule has 1 aromatic rings. The molecule has 0 atom stereocenters. The van der Waals surface area contributed by atoms with Crippen LogP contribution in [0.1, 0.15) is 31.1 Å². The van der Waals surface area contributed by atoms with Crippen molar-refractivity contribution in [2.75, 3.05) is 26.2 Å². The largest absolute Gasteiger partial charge is 0.339 e. The number of thiophene rings is 1. The molecule has 0 bridgehead atoms. The fourth-order valence-electron chi connectivity index (χ4n) is 2.58. The van der Waals surface area contributed by atoms with Gasteiger partial charge in [0.25, 0.3) is 0 Å². The van der Waals surface area contributed by atoms with Gasteiger partial charge in [-0.05, 0) is 55.8 Å². The van der Waals surface area contributed by atoms with Gasteiger partial charge in [0.15, 0.2) is 0 Å². The fourth-order valence-corrected chi connectivity index (χ4v) is 3.20. The molecule has 2 heterocycles. The summed E-state index contributed by atoms with van der Waals surface area (Å²) in [4.78, 5) is 15.5. The maximum Gasteiger partial charge on any atom is 0.246 e. The minimum atomic E-state index is 0.152. The van der Waals surface area contributed by atoms with Gasteiger partial charge in [0.2, 0.25) is 5.91 Å². The van der Waals surface area contributed by atoms with E-state index in [9.17, 15) is 4.79 Å². The second-order valence-electron chi connectivity index (χ2n) is 5.33. The lowest BCUT2D eigenvalue weighted by atomic mass is 9.97. The van der Waals surface area contributed by atoms with Gasteiger partial charge in [-0.2, -0.15) is 0 Å². The van der Waals surface area contributed by atoms with E-state index in [0.29, 0.717) is 5.92 Å². The highest BCUT2D eigenvalue weighted by molar-refractivity contribution is 7.10. The molecule has 3 nitrogen and oxygen atoms in total. The summed E-state index contributed by atoms with van der Waals surface area (Å²) in [5, 5.41) is 5.41. The van der Waals surface area contributed by atoms with Crippen molar-refractivity contribution >= 4 is 23.3 Å². The average molecular weight is 292 g/mol. The molecular weight excluding hydrogens is 268 g/mol. The Balaban J connectivity index is 1.90.